The van der Waals surface area contributed by atoms with Gasteiger partial charge in [-0.2, -0.15) is 0 Å². The van der Waals surface area contributed by atoms with E-state index in [1.165, 1.54) is 0 Å². The smallest absolute Gasteiger partial charge is 0.229 e. The first-order valence-electron chi connectivity index (χ1n) is 4.64. The third-order valence-corrected chi connectivity index (χ3v) is 3.50. The summed E-state index contributed by atoms with van der Waals surface area (Å²) in [4.78, 5) is 12.1. The lowest BCUT2D eigenvalue weighted by atomic mass is 10.1. The molecule has 0 aliphatic carbocycles. The summed E-state index contributed by atoms with van der Waals surface area (Å²) in [6, 6.07) is 9.13. The van der Waals surface area contributed by atoms with Gasteiger partial charge >= 0.3 is 0 Å². The largest absolute Gasteiger partial charge is 0.458 e. The molecule has 0 aliphatic heterocycles. The zero-order valence-electron chi connectivity index (χ0n) is 8.46. The number of benzene rings is 1. The molecule has 2 nitrogen and oxygen atoms in total. The highest BCUT2D eigenvalue weighted by atomic mass is 127. The Morgan fingerprint density at radius 3 is 2.69 bits per heavy atom. The zero-order chi connectivity index (χ0) is 11.7. The predicted molar refractivity (Wildman–Crippen MR) is 73.7 cm³/mol. The first-order chi connectivity index (χ1) is 7.58. The molecule has 2 rings (SSSR count). The van der Waals surface area contributed by atoms with Gasteiger partial charge in [-0.05, 0) is 59.8 Å². The van der Waals surface area contributed by atoms with Crippen LogP contribution < -0.4 is 0 Å². The number of ketones is 1. The summed E-state index contributed by atoms with van der Waals surface area (Å²) in [6.07, 6.45) is 0. The molecule has 16 heavy (non-hydrogen) atoms. The molecular weight excluding hydrogens is 383 g/mol. The average Bonchev–Trinajstić information content (AvgIpc) is 2.67. The van der Waals surface area contributed by atoms with E-state index in [1.807, 2.05) is 25.1 Å². The van der Waals surface area contributed by atoms with Crippen LogP contribution in [0.4, 0.5) is 0 Å². The van der Waals surface area contributed by atoms with Gasteiger partial charge in [-0.3, -0.25) is 4.79 Å². The Morgan fingerprint density at radius 1 is 1.31 bits per heavy atom. The second-order valence-corrected chi connectivity index (χ2v) is 5.46. The predicted octanol–water partition coefficient (Wildman–Crippen LogP) is 4.19. The third-order valence-electron chi connectivity index (χ3n) is 2.14. The van der Waals surface area contributed by atoms with Gasteiger partial charge in [0, 0.05) is 13.6 Å². The van der Waals surface area contributed by atoms with Crippen molar-refractivity contribution in [2.45, 2.75) is 6.92 Å². The number of halogens is 2. The molecule has 0 saturated carbocycles. The van der Waals surface area contributed by atoms with Gasteiger partial charge in [0.15, 0.2) is 5.76 Å². The molecule has 0 saturated heterocycles. The molecule has 0 aliphatic rings. The fourth-order valence-electron chi connectivity index (χ4n) is 1.36. The van der Waals surface area contributed by atoms with Crippen LogP contribution in [0.25, 0.3) is 0 Å². The van der Waals surface area contributed by atoms with Crippen molar-refractivity contribution in [3.05, 3.63) is 55.5 Å². The summed E-state index contributed by atoms with van der Waals surface area (Å²) < 4.78 is 7.13. The molecule has 0 atom stereocenters. The van der Waals surface area contributed by atoms with Crippen LogP contribution in [0.3, 0.4) is 0 Å². The lowest BCUT2D eigenvalue weighted by molar-refractivity contribution is 0.101. The fourth-order valence-corrected chi connectivity index (χ4v) is 2.28. The van der Waals surface area contributed by atoms with E-state index in [1.54, 1.807) is 12.1 Å². The maximum Gasteiger partial charge on any atom is 0.229 e. The van der Waals surface area contributed by atoms with Crippen LogP contribution in [-0.2, 0) is 0 Å². The topological polar surface area (TPSA) is 30.2 Å². The summed E-state index contributed by atoms with van der Waals surface area (Å²) in [7, 11) is 0. The van der Waals surface area contributed by atoms with Crippen molar-refractivity contribution in [2.24, 2.45) is 0 Å². The Hall–Kier alpha value is -0.620. The number of rotatable bonds is 2. The molecule has 0 radical (unpaired) electrons. The molecule has 0 fully saturated rings. The van der Waals surface area contributed by atoms with Crippen LogP contribution in [0.1, 0.15) is 21.9 Å². The molecule has 0 spiro atoms. The van der Waals surface area contributed by atoms with Gasteiger partial charge in [-0.1, -0.05) is 15.9 Å². The van der Waals surface area contributed by atoms with Gasteiger partial charge in [0.2, 0.25) is 5.78 Å². The number of hydrogen-bond acceptors (Lipinski definition) is 2. The summed E-state index contributed by atoms with van der Waals surface area (Å²) >= 11 is 5.55. The van der Waals surface area contributed by atoms with E-state index in [2.05, 4.69) is 38.5 Å². The Balaban J connectivity index is 2.45. The van der Waals surface area contributed by atoms with E-state index in [4.69, 9.17) is 4.42 Å². The monoisotopic (exact) mass is 390 g/mol. The van der Waals surface area contributed by atoms with Crippen LogP contribution in [0.15, 0.2) is 39.2 Å². The van der Waals surface area contributed by atoms with Crippen molar-refractivity contribution >= 4 is 44.3 Å². The highest BCUT2D eigenvalue weighted by molar-refractivity contribution is 14.1. The van der Waals surface area contributed by atoms with Gasteiger partial charge in [0.25, 0.3) is 0 Å². The SMILES string of the molecule is Cc1ccc(C(=O)c2cc(I)ccc2Br)o1. The Labute approximate surface area is 115 Å². The number of carbonyl (C=O) groups is 1. The minimum atomic E-state index is -0.0986. The molecule has 2 aromatic rings. The maximum atomic E-state index is 12.1. The Bertz CT molecular complexity index is 546. The fraction of sp³-hybridized carbons (Fsp3) is 0.0833. The quantitative estimate of drug-likeness (QED) is 0.568. The van der Waals surface area contributed by atoms with Gasteiger partial charge in [-0.25, -0.2) is 0 Å². The molecule has 1 aromatic heterocycles. The van der Waals surface area contributed by atoms with Crippen molar-refractivity contribution in [3.63, 3.8) is 0 Å². The van der Waals surface area contributed by atoms with Crippen LogP contribution >= 0.6 is 38.5 Å². The second-order valence-electron chi connectivity index (χ2n) is 3.36. The highest BCUT2D eigenvalue weighted by Crippen LogP contribution is 2.23. The standard InChI is InChI=1S/C12H8BrIO2/c1-7-2-5-11(16-7)12(15)9-6-8(14)3-4-10(9)13/h2-6H,1H3. The summed E-state index contributed by atoms with van der Waals surface area (Å²) in [5.74, 6) is 1.02. The van der Waals surface area contributed by atoms with Crippen molar-refractivity contribution in [1.82, 2.24) is 0 Å². The Morgan fingerprint density at radius 2 is 2.06 bits per heavy atom. The van der Waals surface area contributed by atoms with Crippen molar-refractivity contribution in [1.29, 1.82) is 0 Å². The van der Waals surface area contributed by atoms with Gasteiger partial charge in [0.1, 0.15) is 5.76 Å². The number of furan rings is 1. The average molecular weight is 391 g/mol. The molecule has 0 N–H and O–H groups in total. The summed E-state index contributed by atoms with van der Waals surface area (Å²) in [6.45, 7) is 1.82. The van der Waals surface area contributed by atoms with Crippen LogP contribution in [0.5, 0.6) is 0 Å². The molecule has 1 aromatic carbocycles. The Kier molecular flexibility index (Phi) is 3.49. The van der Waals surface area contributed by atoms with Crippen LogP contribution in [-0.4, -0.2) is 5.78 Å². The number of carbonyl (C=O) groups excluding carboxylic acids is 1. The summed E-state index contributed by atoms with van der Waals surface area (Å²) in [5.41, 5.74) is 0.626. The van der Waals surface area contributed by atoms with Crippen molar-refractivity contribution in [3.8, 4) is 0 Å². The normalized spacial score (nSPS) is 10.4. The van der Waals surface area contributed by atoms with E-state index >= 15 is 0 Å². The second kappa shape index (κ2) is 4.71. The third kappa shape index (κ3) is 2.38. The molecular formula is C12H8BrIO2. The number of hydrogen-bond donors (Lipinski definition) is 0. The molecule has 1 heterocycles. The minimum absolute atomic E-state index is 0.0986. The first-order valence-corrected chi connectivity index (χ1v) is 6.51. The summed E-state index contributed by atoms with van der Waals surface area (Å²) in [5, 5.41) is 0. The maximum absolute atomic E-state index is 12.1. The molecule has 0 amide bonds. The zero-order valence-corrected chi connectivity index (χ0v) is 12.2. The van der Waals surface area contributed by atoms with Crippen molar-refractivity contribution in [2.75, 3.05) is 0 Å². The first kappa shape index (κ1) is 11.9. The lowest BCUT2D eigenvalue weighted by Gasteiger charge is -2.02. The van der Waals surface area contributed by atoms with Gasteiger partial charge in [-0.15, -0.1) is 0 Å². The van der Waals surface area contributed by atoms with E-state index in [0.29, 0.717) is 11.3 Å². The molecule has 0 bridgehead atoms. The molecule has 4 heteroatoms. The number of aryl methyl sites for hydroxylation is 1. The lowest BCUT2D eigenvalue weighted by Crippen LogP contribution is -2.01. The van der Waals surface area contributed by atoms with E-state index in [-0.39, 0.29) is 5.78 Å². The molecule has 82 valence electrons. The van der Waals surface area contributed by atoms with E-state index in [0.717, 1.165) is 13.8 Å². The van der Waals surface area contributed by atoms with Crippen molar-refractivity contribution < 1.29 is 9.21 Å². The van der Waals surface area contributed by atoms with E-state index in [9.17, 15) is 4.79 Å². The van der Waals surface area contributed by atoms with Crippen LogP contribution in [0.2, 0.25) is 0 Å². The molecule has 0 unspecified atom stereocenters. The van der Waals surface area contributed by atoms with Gasteiger partial charge < -0.3 is 4.42 Å². The van der Waals surface area contributed by atoms with E-state index < -0.39 is 0 Å². The van der Waals surface area contributed by atoms with Crippen LogP contribution in [0, 0.1) is 10.5 Å². The minimum Gasteiger partial charge on any atom is -0.458 e. The van der Waals surface area contributed by atoms with Gasteiger partial charge in [0.05, 0.1) is 0 Å². The highest BCUT2D eigenvalue weighted by Gasteiger charge is 2.16.